The second kappa shape index (κ2) is 5.33. The van der Waals surface area contributed by atoms with E-state index in [-0.39, 0.29) is 12.4 Å². The Morgan fingerprint density at radius 2 is 1.84 bits per heavy atom. The molecule has 7 heteroatoms. The molecule has 0 amide bonds. The summed E-state index contributed by atoms with van der Waals surface area (Å²) in [4.78, 5) is 3.25. The Hall–Kier alpha value is -1.99. The monoisotopic (exact) mass is 282 g/mol. The van der Waals surface area contributed by atoms with Crippen LogP contribution in [0.25, 0.3) is 0 Å². The van der Waals surface area contributed by atoms with Gasteiger partial charge in [-0.3, -0.25) is 0 Å². The Balaban J connectivity index is 2.14. The van der Waals surface area contributed by atoms with Gasteiger partial charge in [0, 0.05) is 0 Å². The second-order valence-corrected chi connectivity index (χ2v) is 5.27. The highest BCUT2D eigenvalue weighted by molar-refractivity contribution is 7.89. The van der Waals surface area contributed by atoms with Gasteiger partial charge in [-0.05, 0) is 17.7 Å². The summed E-state index contributed by atoms with van der Waals surface area (Å²) in [7, 11) is -4.02. The molecule has 100 valence electrons. The minimum absolute atomic E-state index is 0.128. The molecular formula is C12H11FN2O3S. The molecule has 0 bridgehead atoms. The average molecular weight is 282 g/mol. The lowest BCUT2D eigenvalue weighted by Crippen LogP contribution is -2.14. The molecule has 1 heterocycles. The Bertz CT molecular complexity index is 675. The number of sulfonamides is 1. The third kappa shape index (κ3) is 3.49. The van der Waals surface area contributed by atoms with Crippen molar-refractivity contribution >= 4 is 10.0 Å². The van der Waals surface area contributed by atoms with Gasteiger partial charge in [0.25, 0.3) is 16.0 Å². The molecule has 2 N–H and O–H groups in total. The van der Waals surface area contributed by atoms with Crippen LogP contribution in [0, 0.1) is 5.95 Å². The van der Waals surface area contributed by atoms with Gasteiger partial charge in [-0.2, -0.15) is 4.39 Å². The molecule has 0 fully saturated rings. The van der Waals surface area contributed by atoms with Crippen LogP contribution in [0.4, 0.5) is 4.39 Å². The maximum Gasteiger partial charge on any atom is 0.256 e. The van der Waals surface area contributed by atoms with Crippen molar-refractivity contribution in [2.45, 2.75) is 11.6 Å². The first-order chi connectivity index (χ1) is 8.97. The molecule has 2 aromatic rings. The Labute approximate surface area is 109 Å². The standard InChI is InChI=1S/C12H11FN2O3S/c13-12-10(6-7-11(15-12)19(14,16)17)18-8-9-4-2-1-3-5-9/h1-7H,8H2,(H2,14,16,17). The molecule has 1 aromatic carbocycles. The van der Waals surface area contributed by atoms with E-state index in [4.69, 9.17) is 9.88 Å². The minimum atomic E-state index is -4.02. The van der Waals surface area contributed by atoms with Crippen molar-refractivity contribution in [2.24, 2.45) is 5.14 Å². The van der Waals surface area contributed by atoms with Gasteiger partial charge in [0.05, 0.1) is 0 Å². The molecule has 0 unspecified atom stereocenters. The summed E-state index contributed by atoms with van der Waals surface area (Å²) in [5.41, 5.74) is 0.859. The fourth-order valence-corrected chi connectivity index (χ4v) is 1.87. The van der Waals surface area contributed by atoms with Crippen LogP contribution in [-0.4, -0.2) is 13.4 Å². The summed E-state index contributed by atoms with van der Waals surface area (Å²) in [6.07, 6.45) is 0. The zero-order chi connectivity index (χ0) is 13.9. The molecule has 0 aliphatic carbocycles. The number of aromatic nitrogens is 1. The molecule has 0 spiro atoms. The molecule has 0 saturated carbocycles. The van der Waals surface area contributed by atoms with Crippen molar-refractivity contribution in [3.8, 4) is 5.75 Å². The number of halogens is 1. The molecule has 0 saturated heterocycles. The van der Waals surface area contributed by atoms with E-state index in [1.54, 1.807) is 0 Å². The molecule has 19 heavy (non-hydrogen) atoms. The van der Waals surface area contributed by atoms with Crippen LogP contribution in [0.15, 0.2) is 47.5 Å². The first-order valence-corrected chi connectivity index (χ1v) is 6.87. The number of nitrogens with zero attached hydrogens (tertiary/aromatic N) is 1. The summed E-state index contributed by atoms with van der Waals surface area (Å²) in [5, 5.41) is 4.31. The molecule has 2 rings (SSSR count). The summed E-state index contributed by atoms with van der Waals surface area (Å²) < 4.78 is 40.7. The largest absolute Gasteiger partial charge is 0.484 e. The lowest BCUT2D eigenvalue weighted by atomic mass is 10.2. The first-order valence-electron chi connectivity index (χ1n) is 5.33. The molecule has 5 nitrogen and oxygen atoms in total. The molecular weight excluding hydrogens is 271 g/mol. The fourth-order valence-electron chi connectivity index (χ4n) is 1.41. The zero-order valence-electron chi connectivity index (χ0n) is 9.78. The molecule has 0 radical (unpaired) electrons. The van der Waals surface area contributed by atoms with Crippen molar-refractivity contribution in [3.63, 3.8) is 0 Å². The maximum atomic E-state index is 13.5. The van der Waals surface area contributed by atoms with Crippen LogP contribution >= 0.6 is 0 Å². The summed E-state index contributed by atoms with van der Waals surface area (Å²) in [6.45, 7) is 0.161. The van der Waals surface area contributed by atoms with Crippen LogP contribution in [-0.2, 0) is 16.6 Å². The van der Waals surface area contributed by atoms with Crippen LogP contribution in [0.5, 0.6) is 5.75 Å². The third-order valence-electron chi connectivity index (χ3n) is 2.32. The number of ether oxygens (including phenoxy) is 1. The highest BCUT2D eigenvalue weighted by atomic mass is 32.2. The zero-order valence-corrected chi connectivity index (χ0v) is 10.6. The number of nitrogens with two attached hydrogens (primary N) is 1. The van der Waals surface area contributed by atoms with Crippen LogP contribution in [0.2, 0.25) is 0 Å². The van der Waals surface area contributed by atoms with Crippen molar-refractivity contribution in [2.75, 3.05) is 0 Å². The van der Waals surface area contributed by atoms with Crippen molar-refractivity contribution in [3.05, 3.63) is 54.0 Å². The highest BCUT2D eigenvalue weighted by Gasteiger charge is 2.14. The van der Waals surface area contributed by atoms with E-state index in [0.717, 1.165) is 11.6 Å². The molecule has 0 aliphatic heterocycles. The smallest absolute Gasteiger partial charge is 0.256 e. The van der Waals surface area contributed by atoms with Gasteiger partial charge < -0.3 is 4.74 Å². The van der Waals surface area contributed by atoms with E-state index in [9.17, 15) is 12.8 Å². The lowest BCUT2D eigenvalue weighted by Gasteiger charge is -2.07. The highest BCUT2D eigenvalue weighted by Crippen LogP contribution is 2.18. The maximum absolute atomic E-state index is 13.5. The van der Waals surface area contributed by atoms with Crippen molar-refractivity contribution in [1.29, 1.82) is 0 Å². The van der Waals surface area contributed by atoms with Crippen molar-refractivity contribution < 1.29 is 17.5 Å². The normalized spacial score (nSPS) is 11.3. The van der Waals surface area contributed by atoms with E-state index >= 15 is 0 Å². The number of benzene rings is 1. The molecule has 0 aliphatic rings. The first kappa shape index (κ1) is 13.4. The topological polar surface area (TPSA) is 82.3 Å². The Kier molecular flexibility index (Phi) is 3.77. The van der Waals surface area contributed by atoms with Crippen molar-refractivity contribution in [1.82, 2.24) is 4.98 Å². The number of primary sulfonamides is 1. The predicted molar refractivity (Wildman–Crippen MR) is 66.3 cm³/mol. The number of rotatable bonds is 4. The van der Waals surface area contributed by atoms with Gasteiger partial charge in [0.15, 0.2) is 10.8 Å². The van der Waals surface area contributed by atoms with Crippen LogP contribution in [0.3, 0.4) is 0 Å². The molecule has 0 atom stereocenters. The van der Waals surface area contributed by atoms with Gasteiger partial charge in [-0.1, -0.05) is 30.3 Å². The fraction of sp³-hybridized carbons (Fsp3) is 0.0833. The average Bonchev–Trinajstić information content (AvgIpc) is 2.37. The van der Waals surface area contributed by atoms with Gasteiger partial charge in [-0.25, -0.2) is 18.5 Å². The Morgan fingerprint density at radius 3 is 2.42 bits per heavy atom. The summed E-state index contributed by atoms with van der Waals surface area (Å²) in [6, 6.07) is 11.4. The second-order valence-electron chi connectivity index (χ2n) is 3.76. The summed E-state index contributed by atoms with van der Waals surface area (Å²) >= 11 is 0. The quantitative estimate of drug-likeness (QED) is 0.860. The lowest BCUT2D eigenvalue weighted by molar-refractivity contribution is 0.284. The van der Waals surface area contributed by atoms with Crippen LogP contribution < -0.4 is 9.88 Å². The number of pyridine rings is 1. The van der Waals surface area contributed by atoms with Gasteiger partial charge in [0.1, 0.15) is 6.61 Å². The summed E-state index contributed by atoms with van der Waals surface area (Å²) in [5.74, 6) is -1.14. The van der Waals surface area contributed by atoms with E-state index in [0.29, 0.717) is 0 Å². The third-order valence-corrected chi connectivity index (χ3v) is 3.13. The van der Waals surface area contributed by atoms with E-state index in [2.05, 4.69) is 4.98 Å². The van der Waals surface area contributed by atoms with E-state index < -0.39 is 21.0 Å². The molecule has 1 aromatic heterocycles. The number of hydrogen-bond donors (Lipinski definition) is 1. The minimum Gasteiger partial charge on any atom is -0.484 e. The number of hydrogen-bond acceptors (Lipinski definition) is 4. The van der Waals surface area contributed by atoms with E-state index in [1.165, 1.54) is 6.07 Å². The Morgan fingerprint density at radius 1 is 1.16 bits per heavy atom. The SMILES string of the molecule is NS(=O)(=O)c1ccc(OCc2ccccc2)c(F)n1. The van der Waals surface area contributed by atoms with Gasteiger partial charge in [-0.15, -0.1) is 0 Å². The van der Waals surface area contributed by atoms with Gasteiger partial charge in [0.2, 0.25) is 0 Å². The predicted octanol–water partition coefficient (Wildman–Crippen LogP) is 1.45. The van der Waals surface area contributed by atoms with E-state index in [1.807, 2.05) is 30.3 Å². The van der Waals surface area contributed by atoms with Gasteiger partial charge >= 0.3 is 0 Å². The van der Waals surface area contributed by atoms with Crippen LogP contribution in [0.1, 0.15) is 5.56 Å².